The molecular weight excluding hydrogens is 242 g/mol. The highest BCUT2D eigenvalue weighted by Gasteiger charge is 2.40. The minimum absolute atomic E-state index is 0.00311. The molecule has 4 heteroatoms. The summed E-state index contributed by atoms with van der Waals surface area (Å²) in [5, 5.41) is 2.70. The molecule has 1 fully saturated rings. The van der Waals surface area contributed by atoms with Crippen molar-refractivity contribution < 1.29 is 14.3 Å². The molecule has 2 atom stereocenters. The Morgan fingerprint density at radius 3 is 2.47 bits per heavy atom. The second-order valence-electron chi connectivity index (χ2n) is 5.03. The monoisotopic (exact) mass is 261 g/mol. The number of hydrogen-bond donors (Lipinski definition) is 1. The highest BCUT2D eigenvalue weighted by molar-refractivity contribution is 5.93. The van der Waals surface area contributed by atoms with Crippen LogP contribution in [0.5, 0.6) is 0 Å². The zero-order chi connectivity index (χ0) is 13.8. The smallest absolute Gasteiger partial charge is 0.309 e. The van der Waals surface area contributed by atoms with Gasteiger partial charge in [0.2, 0.25) is 0 Å². The van der Waals surface area contributed by atoms with Crippen LogP contribution in [-0.2, 0) is 20.7 Å². The lowest BCUT2D eigenvalue weighted by Gasteiger charge is -2.07. The first-order chi connectivity index (χ1) is 9.10. The molecule has 1 amide bonds. The molecule has 0 spiro atoms. The molecule has 0 unspecified atom stereocenters. The van der Waals surface area contributed by atoms with Crippen molar-refractivity contribution in [2.75, 3.05) is 11.9 Å². The van der Waals surface area contributed by atoms with Crippen LogP contribution >= 0.6 is 0 Å². The Balaban J connectivity index is 1.75. The van der Waals surface area contributed by atoms with Gasteiger partial charge >= 0.3 is 5.97 Å². The molecule has 1 aromatic carbocycles. The van der Waals surface area contributed by atoms with Gasteiger partial charge in [0.15, 0.2) is 6.61 Å². The van der Waals surface area contributed by atoms with E-state index < -0.39 is 0 Å². The van der Waals surface area contributed by atoms with Gasteiger partial charge in [0.05, 0.1) is 5.92 Å². The van der Waals surface area contributed by atoms with Gasteiger partial charge < -0.3 is 10.1 Å². The van der Waals surface area contributed by atoms with Gasteiger partial charge in [-0.25, -0.2) is 0 Å². The molecule has 1 saturated carbocycles. The molecule has 1 aromatic rings. The third-order valence-electron chi connectivity index (χ3n) is 3.40. The topological polar surface area (TPSA) is 55.4 Å². The number of esters is 1. The fourth-order valence-corrected chi connectivity index (χ4v) is 1.92. The Labute approximate surface area is 113 Å². The summed E-state index contributed by atoms with van der Waals surface area (Å²) in [6, 6.07) is 7.63. The van der Waals surface area contributed by atoms with Gasteiger partial charge in [-0.1, -0.05) is 26.0 Å². The first-order valence-corrected chi connectivity index (χ1v) is 6.65. The predicted molar refractivity (Wildman–Crippen MR) is 72.7 cm³/mol. The molecule has 0 radical (unpaired) electrons. The maximum atomic E-state index is 11.6. The van der Waals surface area contributed by atoms with Gasteiger partial charge in [0.25, 0.3) is 5.91 Å². The largest absolute Gasteiger partial charge is 0.455 e. The minimum atomic E-state index is -0.300. The third-order valence-corrected chi connectivity index (χ3v) is 3.40. The normalized spacial score (nSPS) is 20.7. The van der Waals surface area contributed by atoms with Crippen molar-refractivity contribution in [1.82, 2.24) is 0 Å². The molecule has 19 heavy (non-hydrogen) atoms. The van der Waals surface area contributed by atoms with Crippen LogP contribution in [0.2, 0.25) is 0 Å². The van der Waals surface area contributed by atoms with E-state index in [9.17, 15) is 9.59 Å². The average Bonchev–Trinajstić information content (AvgIpc) is 3.14. The lowest BCUT2D eigenvalue weighted by molar-refractivity contribution is -0.148. The summed E-state index contributed by atoms with van der Waals surface area (Å²) in [5.74, 6) is -0.163. The third kappa shape index (κ3) is 3.81. The van der Waals surface area contributed by atoms with Crippen molar-refractivity contribution in [2.45, 2.75) is 26.7 Å². The van der Waals surface area contributed by atoms with Crippen molar-refractivity contribution in [2.24, 2.45) is 11.8 Å². The van der Waals surface area contributed by atoms with Crippen LogP contribution < -0.4 is 5.32 Å². The molecule has 0 aliphatic heterocycles. The van der Waals surface area contributed by atoms with Crippen molar-refractivity contribution in [1.29, 1.82) is 0 Å². The van der Waals surface area contributed by atoms with Crippen LogP contribution in [0.4, 0.5) is 5.69 Å². The molecule has 102 valence electrons. The number of benzene rings is 1. The molecule has 0 aromatic heterocycles. The quantitative estimate of drug-likeness (QED) is 0.828. The summed E-state index contributed by atoms with van der Waals surface area (Å²) < 4.78 is 4.96. The van der Waals surface area contributed by atoms with E-state index in [2.05, 4.69) is 12.2 Å². The second-order valence-corrected chi connectivity index (χ2v) is 5.03. The summed E-state index contributed by atoms with van der Waals surface area (Å²) in [7, 11) is 0. The molecule has 1 aliphatic rings. The van der Waals surface area contributed by atoms with Gasteiger partial charge in [0.1, 0.15) is 0 Å². The minimum Gasteiger partial charge on any atom is -0.455 e. The number of carbonyl (C=O) groups is 2. The predicted octanol–water partition coefficient (Wildman–Crippen LogP) is 2.39. The molecule has 0 bridgehead atoms. The molecular formula is C15H19NO3. The standard InChI is InChI=1S/C15H19NO3/c1-3-11-4-6-12(7-5-11)16-14(17)9-19-15(18)13-8-10(13)2/h4-7,10,13H,3,8-9H2,1-2H3,(H,16,17)/t10-,13-/m1/s1. The van der Waals surface area contributed by atoms with Crippen molar-refractivity contribution in [3.8, 4) is 0 Å². The fourth-order valence-electron chi connectivity index (χ4n) is 1.92. The van der Waals surface area contributed by atoms with E-state index in [0.29, 0.717) is 5.92 Å². The highest BCUT2D eigenvalue weighted by atomic mass is 16.5. The van der Waals surface area contributed by atoms with Gasteiger partial charge in [-0.2, -0.15) is 0 Å². The van der Waals surface area contributed by atoms with Crippen LogP contribution in [0.1, 0.15) is 25.8 Å². The number of amides is 1. The molecule has 2 rings (SSSR count). The number of carbonyl (C=O) groups excluding carboxylic acids is 2. The summed E-state index contributed by atoms with van der Waals surface area (Å²) in [6.45, 7) is 3.87. The van der Waals surface area contributed by atoms with Gasteiger partial charge in [-0.3, -0.25) is 9.59 Å². The number of ether oxygens (including phenoxy) is 1. The van der Waals surface area contributed by atoms with Crippen LogP contribution in [0, 0.1) is 11.8 Å². The van der Waals surface area contributed by atoms with E-state index in [1.54, 1.807) is 0 Å². The second kappa shape index (κ2) is 5.87. The van der Waals surface area contributed by atoms with E-state index in [1.165, 1.54) is 5.56 Å². The maximum absolute atomic E-state index is 11.6. The summed E-state index contributed by atoms with van der Waals surface area (Å²) in [6.07, 6.45) is 1.84. The zero-order valence-electron chi connectivity index (χ0n) is 11.3. The van der Waals surface area contributed by atoms with Crippen molar-refractivity contribution >= 4 is 17.6 Å². The first kappa shape index (κ1) is 13.6. The number of nitrogens with one attached hydrogen (secondary N) is 1. The number of hydrogen-bond acceptors (Lipinski definition) is 3. The van der Waals surface area contributed by atoms with Crippen LogP contribution in [0.15, 0.2) is 24.3 Å². The van der Waals surface area contributed by atoms with Gasteiger partial charge in [0, 0.05) is 5.69 Å². The summed E-state index contributed by atoms with van der Waals surface area (Å²) in [4.78, 5) is 23.1. The Bertz CT molecular complexity index is 467. The number of aryl methyl sites for hydroxylation is 1. The van der Waals surface area contributed by atoms with Crippen molar-refractivity contribution in [3.63, 3.8) is 0 Å². The Morgan fingerprint density at radius 1 is 1.32 bits per heavy atom. The summed E-state index contributed by atoms with van der Waals surface area (Å²) in [5.41, 5.74) is 1.94. The van der Waals surface area contributed by atoms with Gasteiger partial charge in [-0.15, -0.1) is 0 Å². The molecule has 1 N–H and O–H groups in total. The van der Waals surface area contributed by atoms with Crippen molar-refractivity contribution in [3.05, 3.63) is 29.8 Å². The van der Waals surface area contributed by atoms with Gasteiger partial charge in [-0.05, 0) is 36.5 Å². The lowest BCUT2D eigenvalue weighted by Crippen LogP contribution is -2.21. The Hall–Kier alpha value is -1.84. The average molecular weight is 261 g/mol. The maximum Gasteiger partial charge on any atom is 0.309 e. The van der Waals surface area contributed by atoms with Crippen LogP contribution in [0.25, 0.3) is 0 Å². The molecule has 0 heterocycles. The van der Waals surface area contributed by atoms with Crippen LogP contribution in [0.3, 0.4) is 0 Å². The van der Waals surface area contributed by atoms with E-state index in [1.807, 2.05) is 31.2 Å². The molecule has 4 nitrogen and oxygen atoms in total. The fraction of sp³-hybridized carbons (Fsp3) is 0.467. The zero-order valence-corrected chi connectivity index (χ0v) is 11.3. The highest BCUT2D eigenvalue weighted by Crippen LogP contribution is 2.38. The first-order valence-electron chi connectivity index (χ1n) is 6.65. The lowest BCUT2D eigenvalue weighted by atomic mass is 10.1. The van der Waals surface area contributed by atoms with Crippen LogP contribution in [-0.4, -0.2) is 18.5 Å². The molecule has 0 saturated heterocycles. The van der Waals surface area contributed by atoms with E-state index >= 15 is 0 Å². The number of rotatable bonds is 5. The van der Waals surface area contributed by atoms with E-state index in [0.717, 1.165) is 18.5 Å². The van der Waals surface area contributed by atoms with E-state index in [4.69, 9.17) is 4.74 Å². The SMILES string of the molecule is CCc1ccc(NC(=O)COC(=O)[C@@H]2C[C@H]2C)cc1. The van der Waals surface area contributed by atoms with E-state index in [-0.39, 0.29) is 24.4 Å². The Morgan fingerprint density at radius 2 is 1.95 bits per heavy atom. The Kier molecular flexibility index (Phi) is 4.20. The summed E-state index contributed by atoms with van der Waals surface area (Å²) >= 11 is 0. The number of anilines is 1. The molecule has 1 aliphatic carbocycles.